The number of nitrogens with two attached hydrogens (primary N) is 1. The molecule has 0 aliphatic heterocycles. The Morgan fingerprint density at radius 3 is 2.46 bits per heavy atom. The first-order valence-electron chi connectivity index (χ1n) is 4.16. The van der Waals surface area contributed by atoms with E-state index in [-0.39, 0.29) is 12.4 Å². The lowest BCUT2D eigenvalue weighted by molar-refractivity contribution is 0.0782. The van der Waals surface area contributed by atoms with E-state index in [9.17, 15) is 9.50 Å². The number of rotatable bonds is 2. The molecule has 0 bridgehead atoms. The Morgan fingerprint density at radius 2 is 2.08 bits per heavy atom. The Balaban J connectivity index is 3.10. The fourth-order valence-corrected chi connectivity index (χ4v) is 1.09. The standard InChI is InChI=1S/C10H14FNO/c1-10(2,13)8-4-3-7(6-12)9(11)5-8/h3-5,13H,6,12H2,1-2H3. The van der Waals surface area contributed by atoms with Crippen molar-refractivity contribution in [1.29, 1.82) is 0 Å². The van der Waals surface area contributed by atoms with Gasteiger partial charge in [-0.1, -0.05) is 12.1 Å². The Morgan fingerprint density at radius 1 is 1.46 bits per heavy atom. The summed E-state index contributed by atoms with van der Waals surface area (Å²) in [5.74, 6) is -0.359. The van der Waals surface area contributed by atoms with Gasteiger partial charge in [-0.05, 0) is 25.5 Å². The van der Waals surface area contributed by atoms with Crippen LogP contribution in [0.3, 0.4) is 0 Å². The molecular formula is C10H14FNO. The number of hydrogen-bond acceptors (Lipinski definition) is 2. The molecule has 0 heterocycles. The average molecular weight is 183 g/mol. The Kier molecular flexibility index (Phi) is 2.68. The minimum atomic E-state index is -1.01. The highest BCUT2D eigenvalue weighted by Gasteiger charge is 2.16. The van der Waals surface area contributed by atoms with Crippen molar-refractivity contribution in [2.75, 3.05) is 0 Å². The molecule has 0 saturated carbocycles. The van der Waals surface area contributed by atoms with E-state index in [0.29, 0.717) is 11.1 Å². The minimum Gasteiger partial charge on any atom is -0.386 e. The fourth-order valence-electron chi connectivity index (χ4n) is 1.09. The van der Waals surface area contributed by atoms with Gasteiger partial charge in [-0.2, -0.15) is 0 Å². The Hall–Kier alpha value is -0.930. The SMILES string of the molecule is CC(C)(O)c1ccc(CN)c(F)c1. The van der Waals surface area contributed by atoms with Gasteiger partial charge in [0, 0.05) is 12.1 Å². The predicted octanol–water partition coefficient (Wildman–Crippen LogP) is 1.51. The zero-order valence-corrected chi connectivity index (χ0v) is 7.84. The van der Waals surface area contributed by atoms with Crippen LogP contribution in [0, 0.1) is 5.82 Å². The summed E-state index contributed by atoms with van der Waals surface area (Å²) >= 11 is 0. The van der Waals surface area contributed by atoms with Crippen molar-refractivity contribution in [1.82, 2.24) is 0 Å². The van der Waals surface area contributed by atoms with E-state index in [0.717, 1.165) is 0 Å². The van der Waals surface area contributed by atoms with Crippen molar-refractivity contribution < 1.29 is 9.50 Å². The molecule has 3 N–H and O–H groups in total. The Labute approximate surface area is 77.2 Å². The van der Waals surface area contributed by atoms with E-state index in [1.807, 2.05) is 0 Å². The lowest BCUT2D eigenvalue weighted by Crippen LogP contribution is -2.16. The lowest BCUT2D eigenvalue weighted by Gasteiger charge is -2.18. The van der Waals surface area contributed by atoms with Gasteiger partial charge in [0.15, 0.2) is 0 Å². The first-order chi connectivity index (χ1) is 5.95. The molecular weight excluding hydrogens is 169 g/mol. The van der Waals surface area contributed by atoms with Crippen molar-refractivity contribution in [2.24, 2.45) is 5.73 Å². The molecule has 3 heteroatoms. The van der Waals surface area contributed by atoms with Gasteiger partial charge in [0.25, 0.3) is 0 Å². The first kappa shape index (κ1) is 10.2. The van der Waals surface area contributed by atoms with E-state index in [1.165, 1.54) is 6.07 Å². The van der Waals surface area contributed by atoms with Gasteiger partial charge in [-0.3, -0.25) is 0 Å². The molecule has 0 aliphatic carbocycles. The van der Waals surface area contributed by atoms with Crippen LogP contribution in [-0.2, 0) is 12.1 Å². The van der Waals surface area contributed by atoms with Crippen LogP contribution in [-0.4, -0.2) is 5.11 Å². The first-order valence-corrected chi connectivity index (χ1v) is 4.16. The molecule has 0 amide bonds. The zero-order valence-electron chi connectivity index (χ0n) is 7.84. The summed E-state index contributed by atoms with van der Waals surface area (Å²) < 4.78 is 13.2. The van der Waals surface area contributed by atoms with E-state index in [2.05, 4.69) is 0 Å². The van der Waals surface area contributed by atoms with Crippen molar-refractivity contribution in [3.63, 3.8) is 0 Å². The highest BCUT2D eigenvalue weighted by atomic mass is 19.1. The van der Waals surface area contributed by atoms with E-state index in [1.54, 1.807) is 26.0 Å². The molecule has 0 aromatic heterocycles. The summed E-state index contributed by atoms with van der Waals surface area (Å²) in [7, 11) is 0. The summed E-state index contributed by atoms with van der Waals surface area (Å²) in [5, 5.41) is 9.58. The number of hydrogen-bond donors (Lipinski definition) is 2. The monoisotopic (exact) mass is 183 g/mol. The van der Waals surface area contributed by atoms with Crippen molar-refractivity contribution in [2.45, 2.75) is 26.0 Å². The van der Waals surface area contributed by atoms with Crippen LogP contribution < -0.4 is 5.73 Å². The second-order valence-electron chi connectivity index (χ2n) is 3.57. The second-order valence-corrected chi connectivity index (χ2v) is 3.57. The molecule has 2 nitrogen and oxygen atoms in total. The topological polar surface area (TPSA) is 46.2 Å². The molecule has 0 atom stereocenters. The van der Waals surface area contributed by atoms with E-state index in [4.69, 9.17) is 5.73 Å². The fraction of sp³-hybridized carbons (Fsp3) is 0.400. The third-order valence-corrected chi connectivity index (χ3v) is 1.98. The molecule has 0 unspecified atom stereocenters. The molecule has 1 rings (SSSR count). The largest absolute Gasteiger partial charge is 0.386 e. The van der Waals surface area contributed by atoms with Gasteiger partial charge < -0.3 is 10.8 Å². The van der Waals surface area contributed by atoms with Crippen LogP contribution in [0.4, 0.5) is 4.39 Å². The van der Waals surface area contributed by atoms with Gasteiger partial charge >= 0.3 is 0 Å². The molecule has 0 aliphatic rings. The second kappa shape index (κ2) is 3.44. The molecule has 72 valence electrons. The van der Waals surface area contributed by atoms with Crippen LogP contribution in [0.25, 0.3) is 0 Å². The summed E-state index contributed by atoms with van der Waals surface area (Å²) in [6, 6.07) is 4.61. The molecule has 0 fully saturated rings. The summed E-state index contributed by atoms with van der Waals surface area (Å²) in [6.07, 6.45) is 0. The number of aliphatic hydroxyl groups is 1. The van der Waals surface area contributed by atoms with Crippen LogP contribution in [0.5, 0.6) is 0 Å². The van der Waals surface area contributed by atoms with Crippen molar-refractivity contribution in [3.8, 4) is 0 Å². The highest BCUT2D eigenvalue weighted by Crippen LogP contribution is 2.21. The van der Waals surface area contributed by atoms with Gasteiger partial charge in [0.1, 0.15) is 5.82 Å². The van der Waals surface area contributed by atoms with E-state index >= 15 is 0 Å². The third-order valence-electron chi connectivity index (χ3n) is 1.98. The van der Waals surface area contributed by atoms with Crippen molar-refractivity contribution >= 4 is 0 Å². The molecule has 0 radical (unpaired) electrons. The number of benzene rings is 1. The van der Waals surface area contributed by atoms with Gasteiger partial charge in [-0.25, -0.2) is 4.39 Å². The molecule has 0 saturated heterocycles. The third kappa shape index (κ3) is 2.26. The van der Waals surface area contributed by atoms with Gasteiger partial charge in [-0.15, -0.1) is 0 Å². The van der Waals surface area contributed by atoms with Crippen LogP contribution in [0.1, 0.15) is 25.0 Å². The van der Waals surface area contributed by atoms with Gasteiger partial charge in [0.2, 0.25) is 0 Å². The minimum absolute atomic E-state index is 0.179. The normalized spacial score (nSPS) is 11.8. The van der Waals surface area contributed by atoms with Gasteiger partial charge in [0.05, 0.1) is 5.60 Å². The average Bonchev–Trinajstić information content (AvgIpc) is 2.02. The van der Waals surface area contributed by atoms with Crippen LogP contribution >= 0.6 is 0 Å². The summed E-state index contributed by atoms with van der Waals surface area (Å²) in [4.78, 5) is 0. The molecule has 1 aromatic carbocycles. The number of halogens is 1. The molecule has 1 aromatic rings. The van der Waals surface area contributed by atoms with Crippen LogP contribution in [0.15, 0.2) is 18.2 Å². The maximum atomic E-state index is 13.2. The maximum Gasteiger partial charge on any atom is 0.128 e. The predicted molar refractivity (Wildman–Crippen MR) is 49.5 cm³/mol. The maximum absolute atomic E-state index is 13.2. The molecule has 13 heavy (non-hydrogen) atoms. The summed E-state index contributed by atoms with van der Waals surface area (Å²) in [6.45, 7) is 3.41. The highest BCUT2D eigenvalue weighted by molar-refractivity contribution is 5.27. The van der Waals surface area contributed by atoms with Crippen molar-refractivity contribution in [3.05, 3.63) is 35.1 Å². The lowest BCUT2D eigenvalue weighted by atomic mass is 9.97. The quantitative estimate of drug-likeness (QED) is 0.730. The molecule has 0 spiro atoms. The van der Waals surface area contributed by atoms with Crippen LogP contribution in [0.2, 0.25) is 0 Å². The zero-order chi connectivity index (χ0) is 10.1. The smallest absolute Gasteiger partial charge is 0.128 e. The summed E-state index contributed by atoms with van der Waals surface area (Å²) in [5.41, 5.74) is 5.32. The van der Waals surface area contributed by atoms with E-state index < -0.39 is 5.60 Å². The Bertz CT molecular complexity index is 304.